The molecule has 188 valence electrons. The molecule has 1 aliphatic heterocycles. The Labute approximate surface area is 206 Å². The molecule has 0 radical (unpaired) electrons. The summed E-state index contributed by atoms with van der Waals surface area (Å²) in [5.74, 6) is 0.526. The standard InChI is InChI=1S/C24H26FN7O4/c1-14(34)24(35)32-8-6-21(17(25)11-32)36-20-4-3-15(9-16(20)10-26)23-27-7-5-22(29-23)28-18-12-31(2)30-19(18)13-33/h3-5,7,9,12,14,17,21,33-34H,6,8,11,13H2,1-2H3,(H,27,28,29)/t14-,17+,21-/m0/s1. The number of hydrogen-bond acceptors (Lipinski definition) is 9. The predicted molar refractivity (Wildman–Crippen MR) is 127 cm³/mol. The molecule has 12 heteroatoms. The average Bonchev–Trinajstić information content (AvgIpc) is 3.23. The van der Waals surface area contributed by atoms with Crippen LogP contribution in [0.1, 0.15) is 24.6 Å². The SMILES string of the molecule is C[C@H](O)C(=O)N1CC[C@H](Oc2ccc(-c3nccc(Nc4cn(C)nc4CO)n3)cc2C#N)[C@H](F)C1. The number of anilines is 2. The third-order valence-electron chi connectivity index (χ3n) is 5.76. The van der Waals surface area contributed by atoms with E-state index in [1.807, 2.05) is 0 Å². The summed E-state index contributed by atoms with van der Waals surface area (Å²) < 4.78 is 22.1. The first kappa shape index (κ1) is 25.0. The average molecular weight is 496 g/mol. The molecule has 36 heavy (non-hydrogen) atoms. The lowest BCUT2D eigenvalue weighted by molar-refractivity contribution is -0.143. The Kier molecular flexibility index (Phi) is 7.42. The lowest BCUT2D eigenvalue weighted by Crippen LogP contribution is -2.51. The van der Waals surface area contributed by atoms with Gasteiger partial charge in [0.15, 0.2) is 12.0 Å². The molecule has 0 bridgehead atoms. The maximum absolute atomic E-state index is 14.7. The summed E-state index contributed by atoms with van der Waals surface area (Å²) in [4.78, 5) is 22.0. The number of benzene rings is 1. The zero-order valence-corrected chi connectivity index (χ0v) is 19.8. The minimum absolute atomic E-state index is 0.184. The van der Waals surface area contributed by atoms with Crippen molar-refractivity contribution in [1.82, 2.24) is 24.6 Å². The second-order valence-electron chi connectivity index (χ2n) is 8.46. The fourth-order valence-corrected chi connectivity index (χ4v) is 3.96. The van der Waals surface area contributed by atoms with Crippen LogP contribution in [-0.2, 0) is 18.4 Å². The maximum Gasteiger partial charge on any atom is 0.251 e. The number of ether oxygens (including phenoxy) is 1. The number of aliphatic hydroxyl groups is 2. The lowest BCUT2D eigenvalue weighted by atomic mass is 10.0. The van der Waals surface area contributed by atoms with E-state index in [1.54, 1.807) is 48.4 Å². The summed E-state index contributed by atoms with van der Waals surface area (Å²) >= 11 is 0. The van der Waals surface area contributed by atoms with Crippen molar-refractivity contribution in [2.45, 2.75) is 38.3 Å². The first-order valence-electron chi connectivity index (χ1n) is 11.3. The molecule has 2 aromatic heterocycles. The van der Waals surface area contributed by atoms with E-state index < -0.39 is 24.3 Å². The van der Waals surface area contributed by atoms with E-state index in [0.717, 1.165) is 0 Å². The van der Waals surface area contributed by atoms with Crippen LogP contribution in [-0.4, -0.2) is 72.2 Å². The Bertz CT molecular complexity index is 1290. The first-order valence-corrected chi connectivity index (χ1v) is 11.3. The van der Waals surface area contributed by atoms with Gasteiger partial charge in [0.25, 0.3) is 5.91 Å². The summed E-state index contributed by atoms with van der Waals surface area (Å²) in [6, 6.07) is 8.55. The topological polar surface area (TPSA) is 149 Å². The van der Waals surface area contributed by atoms with E-state index in [-0.39, 0.29) is 37.4 Å². The van der Waals surface area contributed by atoms with Crippen LogP contribution in [0.15, 0.2) is 36.7 Å². The number of amides is 1. The van der Waals surface area contributed by atoms with Crippen LogP contribution in [0.2, 0.25) is 0 Å². The van der Waals surface area contributed by atoms with Crippen LogP contribution in [0.5, 0.6) is 5.75 Å². The number of aryl methyl sites for hydroxylation is 1. The molecule has 1 aliphatic rings. The number of halogens is 1. The van der Waals surface area contributed by atoms with Crippen LogP contribution in [0.25, 0.3) is 11.4 Å². The van der Waals surface area contributed by atoms with Gasteiger partial charge in [0.05, 0.1) is 24.4 Å². The number of hydrogen-bond donors (Lipinski definition) is 3. The highest BCUT2D eigenvalue weighted by Gasteiger charge is 2.34. The van der Waals surface area contributed by atoms with Gasteiger partial charge in [-0.05, 0) is 31.2 Å². The number of piperidine rings is 1. The minimum atomic E-state index is -1.46. The van der Waals surface area contributed by atoms with E-state index in [9.17, 15) is 24.7 Å². The fraction of sp³-hybridized carbons (Fsp3) is 0.375. The van der Waals surface area contributed by atoms with Gasteiger partial charge in [0.2, 0.25) is 0 Å². The molecule has 1 aromatic carbocycles. The van der Waals surface area contributed by atoms with Crippen LogP contribution in [0.4, 0.5) is 15.9 Å². The molecule has 3 aromatic rings. The molecular formula is C24H26FN7O4. The Morgan fingerprint density at radius 1 is 1.42 bits per heavy atom. The van der Waals surface area contributed by atoms with Crippen LogP contribution in [0.3, 0.4) is 0 Å². The summed E-state index contributed by atoms with van der Waals surface area (Å²) in [5, 5.41) is 35.9. The molecule has 0 spiro atoms. The highest BCUT2D eigenvalue weighted by atomic mass is 19.1. The van der Waals surface area contributed by atoms with Crippen molar-refractivity contribution in [3.8, 4) is 23.2 Å². The van der Waals surface area contributed by atoms with Crippen molar-refractivity contribution in [1.29, 1.82) is 5.26 Å². The fourth-order valence-electron chi connectivity index (χ4n) is 3.96. The molecule has 1 fully saturated rings. The molecule has 4 rings (SSSR count). The smallest absolute Gasteiger partial charge is 0.251 e. The number of rotatable bonds is 7. The molecule has 0 saturated carbocycles. The molecule has 3 N–H and O–H groups in total. The highest BCUT2D eigenvalue weighted by Crippen LogP contribution is 2.29. The van der Waals surface area contributed by atoms with Crippen molar-refractivity contribution < 1.29 is 24.1 Å². The number of alkyl halides is 1. The normalized spacial score (nSPS) is 18.4. The third kappa shape index (κ3) is 5.42. The number of carbonyl (C=O) groups is 1. The highest BCUT2D eigenvalue weighted by molar-refractivity contribution is 5.80. The van der Waals surface area contributed by atoms with E-state index >= 15 is 0 Å². The van der Waals surface area contributed by atoms with Crippen LogP contribution < -0.4 is 10.1 Å². The van der Waals surface area contributed by atoms with E-state index in [2.05, 4.69) is 26.5 Å². The van der Waals surface area contributed by atoms with Gasteiger partial charge in [-0.25, -0.2) is 14.4 Å². The Morgan fingerprint density at radius 3 is 2.92 bits per heavy atom. The van der Waals surface area contributed by atoms with Gasteiger partial charge in [-0.15, -0.1) is 0 Å². The monoisotopic (exact) mass is 495 g/mol. The van der Waals surface area contributed by atoms with Gasteiger partial charge in [-0.3, -0.25) is 9.48 Å². The van der Waals surface area contributed by atoms with Crippen molar-refractivity contribution in [3.63, 3.8) is 0 Å². The van der Waals surface area contributed by atoms with Crippen molar-refractivity contribution >= 4 is 17.4 Å². The molecule has 1 saturated heterocycles. The lowest BCUT2D eigenvalue weighted by Gasteiger charge is -2.35. The maximum atomic E-state index is 14.7. The van der Waals surface area contributed by atoms with Gasteiger partial charge in [-0.1, -0.05) is 0 Å². The Hall–Kier alpha value is -4.08. The van der Waals surface area contributed by atoms with Gasteiger partial charge in [0.1, 0.15) is 35.5 Å². The molecule has 0 aliphatic carbocycles. The number of carbonyl (C=O) groups excluding carboxylic acids is 1. The zero-order chi connectivity index (χ0) is 25.8. The summed E-state index contributed by atoms with van der Waals surface area (Å²) in [5.41, 5.74) is 1.83. The van der Waals surface area contributed by atoms with Gasteiger partial charge in [0, 0.05) is 38.0 Å². The first-order chi connectivity index (χ1) is 17.3. The van der Waals surface area contributed by atoms with Crippen molar-refractivity contribution in [3.05, 3.63) is 47.9 Å². The van der Waals surface area contributed by atoms with Crippen molar-refractivity contribution in [2.75, 3.05) is 18.4 Å². The van der Waals surface area contributed by atoms with Crippen molar-refractivity contribution in [2.24, 2.45) is 7.05 Å². The number of nitrogens with zero attached hydrogens (tertiary/aromatic N) is 6. The number of aromatic nitrogens is 4. The van der Waals surface area contributed by atoms with Gasteiger partial charge < -0.3 is 25.2 Å². The van der Waals surface area contributed by atoms with Gasteiger partial charge in [-0.2, -0.15) is 10.4 Å². The second-order valence-corrected chi connectivity index (χ2v) is 8.46. The summed E-state index contributed by atoms with van der Waals surface area (Å²) in [6.07, 6.45) is 0.0275. The Morgan fingerprint density at radius 2 is 2.22 bits per heavy atom. The van der Waals surface area contributed by atoms with Gasteiger partial charge >= 0.3 is 0 Å². The largest absolute Gasteiger partial charge is 0.486 e. The summed E-state index contributed by atoms with van der Waals surface area (Å²) in [7, 11) is 1.74. The number of nitrogens with one attached hydrogen (secondary N) is 1. The minimum Gasteiger partial charge on any atom is -0.486 e. The third-order valence-corrected chi connectivity index (χ3v) is 5.76. The van der Waals surface area contributed by atoms with Crippen LogP contribution in [0, 0.1) is 11.3 Å². The summed E-state index contributed by atoms with van der Waals surface area (Å²) in [6.45, 7) is 1.18. The zero-order valence-electron chi connectivity index (χ0n) is 19.8. The molecule has 0 unspecified atom stereocenters. The molecule has 3 atom stereocenters. The number of likely N-dealkylation sites (tertiary alicyclic amines) is 1. The van der Waals surface area contributed by atoms with E-state index in [1.165, 1.54) is 11.8 Å². The molecule has 3 heterocycles. The van der Waals surface area contributed by atoms with E-state index in [0.29, 0.717) is 28.6 Å². The van der Waals surface area contributed by atoms with E-state index in [4.69, 9.17) is 4.74 Å². The quantitative estimate of drug-likeness (QED) is 0.445. The number of nitriles is 1. The Balaban J connectivity index is 1.49. The predicted octanol–water partition coefficient (Wildman–Crippen LogP) is 1.68. The molecule has 11 nitrogen and oxygen atoms in total. The number of aliphatic hydroxyl groups excluding tert-OH is 2. The second kappa shape index (κ2) is 10.7. The van der Waals surface area contributed by atoms with Crippen LogP contribution >= 0.6 is 0 Å². The molecular weight excluding hydrogens is 469 g/mol. The molecule has 1 amide bonds.